The highest BCUT2D eigenvalue weighted by molar-refractivity contribution is 9.11. The molecule has 27 heavy (non-hydrogen) atoms. The van der Waals surface area contributed by atoms with Crippen molar-refractivity contribution < 1.29 is 13.2 Å². The number of nitrogens with two attached hydrogens (primary N) is 1. The van der Waals surface area contributed by atoms with Gasteiger partial charge in [0.2, 0.25) is 0 Å². The molecule has 0 spiro atoms. The molecule has 0 radical (unpaired) electrons. The fourth-order valence-corrected chi connectivity index (χ4v) is 4.96. The van der Waals surface area contributed by atoms with Crippen molar-refractivity contribution in [3.05, 3.63) is 76.2 Å². The summed E-state index contributed by atoms with van der Waals surface area (Å²) >= 11 is 4.50. The fourth-order valence-electron chi connectivity index (χ4n) is 2.45. The number of carbonyl (C=O) groups is 1. The number of alkyl halides is 1. The van der Waals surface area contributed by atoms with Crippen LogP contribution in [-0.4, -0.2) is 31.0 Å². The summed E-state index contributed by atoms with van der Waals surface area (Å²) in [5.41, 5.74) is 7.83. The van der Waals surface area contributed by atoms with E-state index < -0.39 is 9.84 Å². The molecule has 0 saturated heterocycles. The molecule has 0 aliphatic carbocycles. The third-order valence-electron chi connectivity index (χ3n) is 3.72. The molecule has 0 atom stereocenters. The highest BCUT2D eigenvalue weighted by Crippen LogP contribution is 2.21. The van der Waals surface area contributed by atoms with Crippen LogP contribution in [0.15, 0.2) is 64.4 Å². The van der Waals surface area contributed by atoms with Crippen LogP contribution in [-0.2, 0) is 16.3 Å². The van der Waals surface area contributed by atoms with E-state index >= 15 is 0 Å². The molecule has 5 nitrogen and oxygen atoms in total. The van der Waals surface area contributed by atoms with Gasteiger partial charge in [0, 0.05) is 10.5 Å². The zero-order chi connectivity index (χ0) is 19.9. The molecular weight excluding hydrogens is 448 g/mol. The van der Waals surface area contributed by atoms with Crippen LogP contribution in [0.25, 0.3) is 0 Å². The van der Waals surface area contributed by atoms with E-state index in [0.717, 1.165) is 17.4 Å². The van der Waals surface area contributed by atoms with Crippen LogP contribution in [0.4, 0.5) is 0 Å². The Bertz CT molecular complexity index is 972. The zero-order valence-corrected chi connectivity index (χ0v) is 17.6. The number of benzene rings is 2. The van der Waals surface area contributed by atoms with Crippen LogP contribution in [0, 0.1) is 5.41 Å². The van der Waals surface area contributed by atoms with Gasteiger partial charge in [-0.15, -0.1) is 11.8 Å². The largest absolute Gasteiger partial charge is 0.383 e. The maximum absolute atomic E-state index is 12.6. The van der Waals surface area contributed by atoms with E-state index in [1.165, 1.54) is 17.8 Å². The van der Waals surface area contributed by atoms with Crippen molar-refractivity contribution in [1.29, 1.82) is 5.41 Å². The summed E-state index contributed by atoms with van der Waals surface area (Å²) in [6, 6.07) is 14.0. The second kappa shape index (κ2) is 9.87. The average Bonchev–Trinajstić information content (AvgIpc) is 2.65. The monoisotopic (exact) mass is 466 g/mol. The highest BCUT2D eigenvalue weighted by atomic mass is 79.9. The Labute approximate surface area is 171 Å². The molecule has 8 heteroatoms. The van der Waals surface area contributed by atoms with Gasteiger partial charge in [-0.05, 0) is 35.7 Å². The predicted molar refractivity (Wildman–Crippen MR) is 115 cm³/mol. The second-order valence-corrected chi connectivity index (χ2v) is 10.1. The van der Waals surface area contributed by atoms with Gasteiger partial charge in [-0.25, -0.2) is 8.42 Å². The van der Waals surface area contributed by atoms with E-state index in [-0.39, 0.29) is 16.5 Å². The van der Waals surface area contributed by atoms with Crippen LogP contribution in [0.1, 0.15) is 21.5 Å². The number of rotatable bonds is 9. The van der Waals surface area contributed by atoms with Gasteiger partial charge < -0.3 is 5.73 Å². The minimum atomic E-state index is -3.55. The maximum atomic E-state index is 12.6. The molecule has 0 aromatic heterocycles. The number of hydrogen-bond acceptors (Lipinski definition) is 5. The van der Waals surface area contributed by atoms with Crippen molar-refractivity contribution in [1.82, 2.24) is 0 Å². The van der Waals surface area contributed by atoms with Crippen molar-refractivity contribution in [2.24, 2.45) is 5.73 Å². The molecule has 2 aromatic rings. The molecule has 0 aliphatic heterocycles. The molecule has 0 heterocycles. The van der Waals surface area contributed by atoms with E-state index in [4.69, 9.17) is 11.1 Å². The smallest absolute Gasteiger partial charge is 0.181 e. The van der Waals surface area contributed by atoms with Crippen LogP contribution in [0.2, 0.25) is 0 Å². The zero-order valence-electron chi connectivity index (χ0n) is 14.4. The molecule has 0 aliphatic rings. The molecule has 2 aromatic carbocycles. The predicted octanol–water partition coefficient (Wildman–Crippen LogP) is 3.77. The Morgan fingerprint density at radius 3 is 2.44 bits per heavy atom. The Morgan fingerprint density at radius 1 is 1.15 bits per heavy atom. The molecule has 2 rings (SSSR count). The van der Waals surface area contributed by atoms with Gasteiger partial charge in [0.25, 0.3) is 0 Å². The lowest BCUT2D eigenvalue weighted by molar-refractivity contribution is 0.112. The number of hydrogen-bond donors (Lipinski definition) is 2. The highest BCUT2D eigenvalue weighted by Gasteiger charge is 2.15. The first-order chi connectivity index (χ1) is 12.9. The lowest BCUT2D eigenvalue weighted by Gasteiger charge is -2.08. The van der Waals surface area contributed by atoms with Crippen LogP contribution in [0.3, 0.4) is 0 Å². The molecule has 3 N–H and O–H groups in total. The lowest BCUT2D eigenvalue weighted by atomic mass is 10.0. The van der Waals surface area contributed by atoms with Crippen LogP contribution in [0.5, 0.6) is 0 Å². The fraction of sp³-hybridized carbons (Fsp3) is 0.158. The normalized spacial score (nSPS) is 12.0. The SMILES string of the molecule is N=C(N)/C(=C/CS(=O)(=O)c1cccc(Cc2cccc(C=O)c2)c1)SCBr. The topological polar surface area (TPSA) is 101 Å². The van der Waals surface area contributed by atoms with E-state index in [0.29, 0.717) is 21.6 Å². The quantitative estimate of drug-likeness (QED) is 0.253. The summed E-state index contributed by atoms with van der Waals surface area (Å²) < 4.78 is 25.8. The van der Waals surface area contributed by atoms with Gasteiger partial charge in [-0.2, -0.15) is 0 Å². The molecule has 0 bridgehead atoms. The van der Waals surface area contributed by atoms with Gasteiger partial charge in [0.1, 0.15) is 12.1 Å². The van der Waals surface area contributed by atoms with Gasteiger partial charge in [0.15, 0.2) is 9.84 Å². The van der Waals surface area contributed by atoms with Crippen molar-refractivity contribution in [3.8, 4) is 0 Å². The van der Waals surface area contributed by atoms with Gasteiger partial charge >= 0.3 is 0 Å². The van der Waals surface area contributed by atoms with Crippen molar-refractivity contribution in [3.63, 3.8) is 0 Å². The van der Waals surface area contributed by atoms with Gasteiger partial charge in [-0.1, -0.05) is 52.3 Å². The van der Waals surface area contributed by atoms with E-state index in [9.17, 15) is 13.2 Å². The minimum Gasteiger partial charge on any atom is -0.383 e. The third-order valence-corrected chi connectivity index (χ3v) is 6.79. The Hall–Kier alpha value is -1.90. The molecule has 0 amide bonds. The number of carbonyl (C=O) groups excluding carboxylic acids is 1. The van der Waals surface area contributed by atoms with Crippen LogP contribution >= 0.6 is 27.7 Å². The average molecular weight is 467 g/mol. The number of nitrogens with one attached hydrogen (secondary N) is 1. The second-order valence-electron chi connectivity index (χ2n) is 5.70. The molecular formula is C19H19BrN2O3S2. The van der Waals surface area contributed by atoms with E-state index in [1.54, 1.807) is 36.4 Å². The third kappa shape index (κ3) is 6.34. The molecule has 0 fully saturated rings. The summed E-state index contributed by atoms with van der Waals surface area (Å²) in [5.74, 6) is -0.384. The summed E-state index contributed by atoms with van der Waals surface area (Å²) in [7, 11) is -3.55. The minimum absolute atomic E-state index is 0.154. The Morgan fingerprint density at radius 2 is 1.81 bits per heavy atom. The summed E-state index contributed by atoms with van der Waals surface area (Å²) in [6.45, 7) is 0. The van der Waals surface area contributed by atoms with Crippen molar-refractivity contribution >= 4 is 49.7 Å². The number of halogens is 1. The first-order valence-corrected chi connectivity index (χ1v) is 11.7. The van der Waals surface area contributed by atoms with E-state index in [1.807, 2.05) is 12.1 Å². The maximum Gasteiger partial charge on any atom is 0.181 e. The van der Waals surface area contributed by atoms with E-state index in [2.05, 4.69) is 15.9 Å². The number of thioether (sulfide) groups is 1. The van der Waals surface area contributed by atoms with Crippen molar-refractivity contribution in [2.75, 3.05) is 10.4 Å². The number of amidine groups is 1. The molecule has 0 saturated carbocycles. The van der Waals surface area contributed by atoms with Crippen LogP contribution < -0.4 is 5.73 Å². The summed E-state index contributed by atoms with van der Waals surface area (Å²) in [6.07, 6.45) is 2.77. The van der Waals surface area contributed by atoms with Gasteiger partial charge in [-0.3, -0.25) is 10.2 Å². The Balaban J connectivity index is 2.23. The summed E-state index contributed by atoms with van der Waals surface area (Å²) in [4.78, 5) is 11.5. The lowest BCUT2D eigenvalue weighted by Crippen LogP contribution is -2.13. The number of sulfone groups is 1. The number of aldehydes is 1. The summed E-state index contributed by atoms with van der Waals surface area (Å²) in [5, 5.41) is 7.51. The molecule has 0 unspecified atom stereocenters. The first-order valence-electron chi connectivity index (χ1n) is 7.95. The standard InChI is InChI=1S/C19H19BrN2O3S2/c20-13-26-18(19(21)22)7-8-27(24,25)17-6-2-4-15(11-17)9-14-3-1-5-16(10-14)12-23/h1-7,10-12H,8-9,13H2,(H3,21,22)/b18-7-. The Kier molecular flexibility index (Phi) is 7.82. The van der Waals surface area contributed by atoms with Gasteiger partial charge in [0.05, 0.1) is 15.3 Å². The van der Waals surface area contributed by atoms with Crippen molar-refractivity contribution in [2.45, 2.75) is 11.3 Å². The molecule has 142 valence electrons. The first kappa shape index (κ1) is 21.4.